The Hall–Kier alpha value is -2.56. The first-order valence-corrected chi connectivity index (χ1v) is 6.21. The Kier molecular flexibility index (Phi) is 5.58. The molecular weight excluding hydrogens is 273 g/mol. The fraction of sp³-hybridized carbons (Fsp3) is 0. The van der Waals surface area contributed by atoms with Crippen LogP contribution in [0.2, 0.25) is 0 Å². The molecule has 0 fully saturated rings. The molecule has 21 heavy (non-hydrogen) atoms. The quantitative estimate of drug-likeness (QED) is 0.450. The second-order valence-electron chi connectivity index (χ2n) is 4.08. The second-order valence-corrected chi connectivity index (χ2v) is 4.08. The third-order valence-corrected chi connectivity index (χ3v) is 2.49. The molecule has 0 unspecified atom stereocenters. The molecule has 5 heteroatoms. The van der Waals surface area contributed by atoms with Gasteiger partial charge in [-0.25, -0.2) is 8.78 Å². The van der Waals surface area contributed by atoms with Crippen LogP contribution in [-0.4, -0.2) is 7.69 Å². The van der Waals surface area contributed by atoms with Crippen LogP contribution in [0.4, 0.5) is 8.78 Å². The van der Waals surface area contributed by atoms with E-state index in [-0.39, 0.29) is 11.6 Å². The van der Waals surface area contributed by atoms with Crippen molar-refractivity contribution >= 4 is 19.8 Å². The van der Waals surface area contributed by atoms with Gasteiger partial charge in [-0.15, -0.1) is 0 Å². The molecule has 0 aromatic heterocycles. The van der Waals surface area contributed by atoms with Crippen molar-refractivity contribution in [1.82, 2.24) is 0 Å². The molecule has 1 radical (unpaired) electrons. The molecule has 0 bridgehead atoms. The normalized spacial score (nSPS) is 11.0. The molecule has 0 saturated carbocycles. The van der Waals surface area contributed by atoms with Gasteiger partial charge in [-0.3, -0.25) is 0 Å². The maximum atomic E-state index is 12.9. The van der Waals surface area contributed by atoms with Gasteiger partial charge in [0.05, 0.1) is 12.5 Å². The largest absolute Gasteiger partial charge is 0.657 e. The Morgan fingerprint density at radius 1 is 0.762 bits per heavy atom. The van der Waals surface area contributed by atoms with Crippen LogP contribution in [-0.2, 0) is 9.31 Å². The Bertz CT molecular complexity index is 586. The third-order valence-electron chi connectivity index (χ3n) is 2.49. The van der Waals surface area contributed by atoms with Crippen LogP contribution in [0.1, 0.15) is 11.1 Å². The summed E-state index contributed by atoms with van der Waals surface area (Å²) in [7, 11) is 1.10. The van der Waals surface area contributed by atoms with Gasteiger partial charge in [0.25, 0.3) is 0 Å². The van der Waals surface area contributed by atoms with Gasteiger partial charge in [-0.05, 0) is 47.5 Å². The molecule has 0 saturated heterocycles. The zero-order valence-corrected chi connectivity index (χ0v) is 11.1. The topological polar surface area (TPSA) is 18.5 Å². The molecule has 2 aromatic rings. The lowest BCUT2D eigenvalue weighted by Crippen LogP contribution is -1.93. The summed E-state index contributed by atoms with van der Waals surface area (Å²) >= 11 is 0. The molecule has 0 amide bonds. The SMILES string of the molecule is Fc1cccc(C=CO[B]OC=Cc2cccc(F)c2)c1. The van der Waals surface area contributed by atoms with Gasteiger partial charge in [0.2, 0.25) is 0 Å². The van der Waals surface area contributed by atoms with E-state index in [0.29, 0.717) is 11.1 Å². The monoisotopic (exact) mass is 285 g/mol. The van der Waals surface area contributed by atoms with Gasteiger partial charge in [0, 0.05) is 0 Å². The molecule has 0 aliphatic rings. The molecule has 0 atom stereocenters. The number of halogens is 2. The first kappa shape index (κ1) is 14.8. The molecule has 0 heterocycles. The lowest BCUT2D eigenvalue weighted by molar-refractivity contribution is 0.380. The number of hydrogen-bond acceptors (Lipinski definition) is 2. The van der Waals surface area contributed by atoms with Crippen molar-refractivity contribution in [3.05, 3.63) is 83.8 Å². The van der Waals surface area contributed by atoms with Crippen molar-refractivity contribution in [3.8, 4) is 0 Å². The van der Waals surface area contributed by atoms with Crippen molar-refractivity contribution in [2.75, 3.05) is 0 Å². The summed E-state index contributed by atoms with van der Waals surface area (Å²) in [6, 6.07) is 12.2. The van der Waals surface area contributed by atoms with Gasteiger partial charge in [0.15, 0.2) is 0 Å². The Morgan fingerprint density at radius 3 is 1.67 bits per heavy atom. The minimum Gasteiger partial charge on any atom is -0.532 e. The van der Waals surface area contributed by atoms with E-state index < -0.39 is 0 Å². The predicted molar refractivity (Wildman–Crippen MR) is 78.8 cm³/mol. The van der Waals surface area contributed by atoms with Crippen LogP contribution in [0, 0.1) is 11.6 Å². The highest BCUT2D eigenvalue weighted by Crippen LogP contribution is 2.06. The molecule has 0 spiro atoms. The van der Waals surface area contributed by atoms with Crippen LogP contribution < -0.4 is 0 Å². The molecular formula is C16H12BF2O2. The van der Waals surface area contributed by atoms with E-state index in [1.54, 1.807) is 36.4 Å². The Balaban J connectivity index is 1.70. The first-order valence-electron chi connectivity index (χ1n) is 6.21. The highest BCUT2D eigenvalue weighted by Gasteiger charge is 1.93. The van der Waals surface area contributed by atoms with E-state index in [2.05, 4.69) is 0 Å². The molecule has 0 aliphatic carbocycles. The van der Waals surface area contributed by atoms with E-state index in [9.17, 15) is 8.78 Å². The summed E-state index contributed by atoms with van der Waals surface area (Å²) in [5.74, 6) is -0.620. The van der Waals surface area contributed by atoms with Gasteiger partial charge in [0.1, 0.15) is 11.6 Å². The van der Waals surface area contributed by atoms with E-state index >= 15 is 0 Å². The van der Waals surface area contributed by atoms with Gasteiger partial charge < -0.3 is 9.31 Å². The summed E-state index contributed by atoms with van der Waals surface area (Å²) in [6.07, 6.45) is 5.92. The average molecular weight is 285 g/mol. The van der Waals surface area contributed by atoms with Crippen molar-refractivity contribution in [3.63, 3.8) is 0 Å². The summed E-state index contributed by atoms with van der Waals surface area (Å²) < 4.78 is 35.7. The highest BCUT2D eigenvalue weighted by atomic mass is 19.1. The molecule has 2 rings (SSSR count). The fourth-order valence-corrected chi connectivity index (χ4v) is 1.55. The minimum absolute atomic E-state index is 0.310. The Morgan fingerprint density at radius 2 is 1.24 bits per heavy atom. The fourth-order valence-electron chi connectivity index (χ4n) is 1.55. The van der Waals surface area contributed by atoms with Crippen LogP contribution in [0.15, 0.2) is 61.1 Å². The van der Waals surface area contributed by atoms with Gasteiger partial charge in [-0.1, -0.05) is 24.3 Å². The standard InChI is InChI=1S/C16H12BF2O2/c18-15-5-1-3-13(11-15)7-9-20-17-21-10-8-14-4-2-6-16(19)12-14/h1-12H. The molecule has 0 N–H and O–H groups in total. The molecule has 2 nitrogen and oxygen atoms in total. The molecule has 105 valence electrons. The van der Waals surface area contributed by atoms with Crippen molar-refractivity contribution in [2.24, 2.45) is 0 Å². The number of benzene rings is 2. The first-order chi connectivity index (χ1) is 10.2. The minimum atomic E-state index is -0.310. The predicted octanol–water partition coefficient (Wildman–Crippen LogP) is 4.17. The van der Waals surface area contributed by atoms with Gasteiger partial charge >= 0.3 is 7.69 Å². The van der Waals surface area contributed by atoms with E-state index in [4.69, 9.17) is 9.31 Å². The average Bonchev–Trinajstić information content (AvgIpc) is 2.46. The zero-order chi connectivity index (χ0) is 14.9. The van der Waals surface area contributed by atoms with Crippen molar-refractivity contribution in [2.45, 2.75) is 0 Å². The van der Waals surface area contributed by atoms with E-state index in [1.807, 2.05) is 0 Å². The number of rotatable bonds is 6. The molecule has 2 aromatic carbocycles. The van der Waals surface area contributed by atoms with Crippen molar-refractivity contribution < 1.29 is 18.1 Å². The van der Waals surface area contributed by atoms with Crippen molar-refractivity contribution in [1.29, 1.82) is 0 Å². The smallest absolute Gasteiger partial charge is 0.532 e. The van der Waals surface area contributed by atoms with Gasteiger partial charge in [-0.2, -0.15) is 0 Å². The van der Waals surface area contributed by atoms with Crippen LogP contribution in [0.3, 0.4) is 0 Å². The lowest BCUT2D eigenvalue weighted by atomic mass is 10.2. The van der Waals surface area contributed by atoms with E-state index in [0.717, 1.165) is 7.69 Å². The van der Waals surface area contributed by atoms with Crippen LogP contribution in [0.25, 0.3) is 12.2 Å². The van der Waals surface area contributed by atoms with Crippen LogP contribution in [0.5, 0.6) is 0 Å². The molecule has 0 aliphatic heterocycles. The Labute approximate surface area is 122 Å². The summed E-state index contributed by atoms with van der Waals surface area (Å²) in [5, 5.41) is 0. The van der Waals surface area contributed by atoms with Crippen LogP contribution >= 0.6 is 0 Å². The summed E-state index contributed by atoms with van der Waals surface area (Å²) in [4.78, 5) is 0. The third kappa shape index (κ3) is 5.52. The summed E-state index contributed by atoms with van der Waals surface area (Å²) in [6.45, 7) is 0. The summed E-state index contributed by atoms with van der Waals surface area (Å²) in [5.41, 5.74) is 1.36. The second kappa shape index (κ2) is 7.90. The van der Waals surface area contributed by atoms with E-state index in [1.165, 1.54) is 36.8 Å². The number of hydrogen-bond donors (Lipinski definition) is 0. The maximum Gasteiger partial charge on any atom is 0.657 e. The zero-order valence-electron chi connectivity index (χ0n) is 11.1. The lowest BCUT2D eigenvalue weighted by Gasteiger charge is -1.97. The highest BCUT2D eigenvalue weighted by molar-refractivity contribution is 6.18. The maximum absolute atomic E-state index is 12.9.